The number of piperidine rings is 1. The highest BCUT2D eigenvalue weighted by molar-refractivity contribution is 5.98. The Balaban J connectivity index is 1.59. The largest absolute Gasteiger partial charge is 0.294 e. The van der Waals surface area contributed by atoms with Gasteiger partial charge in [-0.05, 0) is 28.5 Å². The molecule has 0 aliphatic carbocycles. The number of benzene rings is 4. The van der Waals surface area contributed by atoms with E-state index < -0.39 is 0 Å². The van der Waals surface area contributed by atoms with E-state index in [2.05, 4.69) is 103 Å². The number of carbonyl (C=O) groups is 1. The predicted molar refractivity (Wildman–Crippen MR) is 139 cm³/mol. The van der Waals surface area contributed by atoms with Crippen LogP contribution >= 0.6 is 0 Å². The molecule has 0 unspecified atom stereocenters. The standard InChI is InChI=1S/C32H31NO/c1-24-30(26-16-8-3-9-17-26)29(32(34)28-20-12-5-13-21-28)23-33(22-25-14-6-2-7-15-25)31(24)27-18-10-4-11-19-27/h2-21,24,29-31H,22-23H2,1H3/t24-,29-,30-,31+/m0/s1. The summed E-state index contributed by atoms with van der Waals surface area (Å²) in [6.07, 6.45) is 0. The van der Waals surface area contributed by atoms with Gasteiger partial charge in [0.2, 0.25) is 0 Å². The van der Waals surface area contributed by atoms with Crippen molar-refractivity contribution in [3.63, 3.8) is 0 Å². The first-order chi connectivity index (χ1) is 16.7. The van der Waals surface area contributed by atoms with Gasteiger partial charge < -0.3 is 0 Å². The molecule has 170 valence electrons. The summed E-state index contributed by atoms with van der Waals surface area (Å²) in [4.78, 5) is 16.5. The van der Waals surface area contributed by atoms with E-state index in [4.69, 9.17) is 0 Å². The molecule has 0 spiro atoms. The van der Waals surface area contributed by atoms with Crippen molar-refractivity contribution >= 4 is 5.78 Å². The molecule has 4 aromatic rings. The van der Waals surface area contributed by atoms with E-state index in [1.807, 2.05) is 30.3 Å². The average Bonchev–Trinajstić information content (AvgIpc) is 2.90. The SMILES string of the molecule is C[C@H]1[C@@H](c2ccccc2)[C@@H](C(=O)c2ccccc2)CN(Cc2ccccc2)[C@H]1c1ccccc1. The molecule has 4 aromatic carbocycles. The third kappa shape index (κ3) is 4.60. The molecule has 5 rings (SSSR count). The lowest BCUT2D eigenvalue weighted by Gasteiger charge is -2.48. The van der Waals surface area contributed by atoms with Crippen molar-refractivity contribution in [2.24, 2.45) is 11.8 Å². The highest BCUT2D eigenvalue weighted by atomic mass is 16.1. The predicted octanol–water partition coefficient (Wildman–Crippen LogP) is 7.16. The highest BCUT2D eigenvalue weighted by Crippen LogP contribution is 2.48. The number of Topliss-reactive ketones (excluding diaryl/α,β-unsaturated/α-hetero) is 1. The van der Waals surface area contributed by atoms with Crippen LogP contribution in [0.15, 0.2) is 121 Å². The smallest absolute Gasteiger partial charge is 0.167 e. The summed E-state index contributed by atoms with van der Waals surface area (Å²) in [7, 11) is 0. The van der Waals surface area contributed by atoms with Gasteiger partial charge in [0.25, 0.3) is 0 Å². The lowest BCUT2D eigenvalue weighted by molar-refractivity contribution is 0.0321. The van der Waals surface area contributed by atoms with Gasteiger partial charge in [0.15, 0.2) is 5.78 Å². The number of hydrogen-bond donors (Lipinski definition) is 0. The fraction of sp³-hybridized carbons (Fsp3) is 0.219. The maximum Gasteiger partial charge on any atom is 0.167 e. The molecular weight excluding hydrogens is 414 g/mol. The first kappa shape index (κ1) is 22.3. The molecule has 34 heavy (non-hydrogen) atoms. The molecule has 2 heteroatoms. The van der Waals surface area contributed by atoms with Gasteiger partial charge in [0.05, 0.1) is 0 Å². The highest BCUT2D eigenvalue weighted by Gasteiger charge is 2.45. The molecule has 1 fully saturated rings. The first-order valence-corrected chi connectivity index (χ1v) is 12.2. The number of rotatable bonds is 6. The van der Waals surface area contributed by atoms with E-state index in [1.165, 1.54) is 16.7 Å². The molecule has 0 aromatic heterocycles. The van der Waals surface area contributed by atoms with Crippen molar-refractivity contribution < 1.29 is 4.79 Å². The van der Waals surface area contributed by atoms with Crippen molar-refractivity contribution in [2.75, 3.05) is 6.54 Å². The maximum atomic E-state index is 13.9. The maximum absolute atomic E-state index is 13.9. The van der Waals surface area contributed by atoms with Gasteiger partial charge in [0, 0.05) is 30.6 Å². The Kier molecular flexibility index (Phi) is 6.69. The van der Waals surface area contributed by atoms with Crippen LogP contribution in [0.1, 0.15) is 45.9 Å². The molecule has 0 N–H and O–H groups in total. The molecule has 0 radical (unpaired) electrons. The van der Waals surface area contributed by atoms with Gasteiger partial charge in [-0.2, -0.15) is 0 Å². The molecule has 1 aliphatic heterocycles. The summed E-state index contributed by atoms with van der Waals surface area (Å²) < 4.78 is 0. The zero-order valence-electron chi connectivity index (χ0n) is 19.6. The number of nitrogens with zero attached hydrogens (tertiary/aromatic N) is 1. The average molecular weight is 446 g/mol. The van der Waals surface area contributed by atoms with Crippen molar-refractivity contribution in [1.29, 1.82) is 0 Å². The van der Waals surface area contributed by atoms with Gasteiger partial charge >= 0.3 is 0 Å². The Labute approximate surface area is 202 Å². The summed E-state index contributed by atoms with van der Waals surface area (Å²) in [5.41, 5.74) is 4.65. The molecule has 2 nitrogen and oxygen atoms in total. The van der Waals surface area contributed by atoms with Gasteiger partial charge in [0.1, 0.15) is 0 Å². The Morgan fingerprint density at radius 2 is 1.21 bits per heavy atom. The lowest BCUT2D eigenvalue weighted by Crippen LogP contribution is -2.48. The van der Waals surface area contributed by atoms with Crippen molar-refractivity contribution in [3.05, 3.63) is 144 Å². The van der Waals surface area contributed by atoms with E-state index in [1.54, 1.807) is 0 Å². The molecule has 0 bridgehead atoms. The van der Waals surface area contributed by atoms with Gasteiger partial charge in [-0.25, -0.2) is 0 Å². The van der Waals surface area contributed by atoms with E-state index in [9.17, 15) is 4.79 Å². The van der Waals surface area contributed by atoms with Crippen LogP contribution in [-0.4, -0.2) is 17.2 Å². The minimum atomic E-state index is -0.108. The van der Waals surface area contributed by atoms with Gasteiger partial charge in [-0.1, -0.05) is 128 Å². The third-order valence-corrected chi connectivity index (χ3v) is 7.27. The molecule has 1 heterocycles. The van der Waals surface area contributed by atoms with Crippen molar-refractivity contribution in [1.82, 2.24) is 4.90 Å². The lowest BCUT2D eigenvalue weighted by atomic mass is 9.67. The Bertz CT molecular complexity index is 1190. The summed E-state index contributed by atoms with van der Waals surface area (Å²) in [6, 6.07) is 42.1. The minimum Gasteiger partial charge on any atom is -0.294 e. The third-order valence-electron chi connectivity index (χ3n) is 7.27. The number of carbonyl (C=O) groups excluding carboxylic acids is 1. The number of ketones is 1. The van der Waals surface area contributed by atoms with Crippen LogP contribution < -0.4 is 0 Å². The second-order valence-corrected chi connectivity index (χ2v) is 9.40. The van der Waals surface area contributed by atoms with Crippen LogP contribution in [0, 0.1) is 11.8 Å². The Morgan fingerprint density at radius 3 is 1.79 bits per heavy atom. The van der Waals surface area contributed by atoms with Crippen molar-refractivity contribution in [3.8, 4) is 0 Å². The fourth-order valence-electron chi connectivity index (χ4n) is 5.79. The van der Waals surface area contributed by atoms with Gasteiger partial charge in [-0.15, -0.1) is 0 Å². The Morgan fingerprint density at radius 1 is 0.706 bits per heavy atom. The molecule has 4 atom stereocenters. The summed E-state index contributed by atoms with van der Waals surface area (Å²) in [6.45, 7) is 3.88. The quantitative estimate of drug-likeness (QED) is 0.293. The second kappa shape index (κ2) is 10.2. The van der Waals surface area contributed by atoms with E-state index in [0.717, 1.165) is 18.7 Å². The molecular formula is C32H31NO. The van der Waals surface area contributed by atoms with E-state index in [-0.39, 0.29) is 29.6 Å². The van der Waals surface area contributed by atoms with Crippen LogP contribution in [0.25, 0.3) is 0 Å². The topological polar surface area (TPSA) is 20.3 Å². The summed E-state index contributed by atoms with van der Waals surface area (Å²) in [5, 5.41) is 0. The normalized spacial score (nSPS) is 22.9. The zero-order chi connectivity index (χ0) is 23.3. The monoisotopic (exact) mass is 445 g/mol. The van der Waals surface area contributed by atoms with E-state index in [0.29, 0.717) is 0 Å². The summed E-state index contributed by atoms with van der Waals surface area (Å²) >= 11 is 0. The van der Waals surface area contributed by atoms with Crippen LogP contribution in [0.5, 0.6) is 0 Å². The second-order valence-electron chi connectivity index (χ2n) is 9.40. The fourth-order valence-corrected chi connectivity index (χ4v) is 5.79. The van der Waals surface area contributed by atoms with Crippen LogP contribution in [0.4, 0.5) is 0 Å². The van der Waals surface area contributed by atoms with Gasteiger partial charge in [-0.3, -0.25) is 9.69 Å². The van der Waals surface area contributed by atoms with Crippen LogP contribution in [0.3, 0.4) is 0 Å². The minimum absolute atomic E-state index is 0.108. The summed E-state index contributed by atoms with van der Waals surface area (Å²) in [5.74, 6) is 0.542. The van der Waals surface area contributed by atoms with Crippen LogP contribution in [0.2, 0.25) is 0 Å². The molecule has 1 aliphatic rings. The zero-order valence-corrected chi connectivity index (χ0v) is 19.6. The van der Waals surface area contributed by atoms with Crippen LogP contribution in [-0.2, 0) is 6.54 Å². The molecule has 0 saturated carbocycles. The Hall–Kier alpha value is -3.49. The molecule has 1 saturated heterocycles. The number of likely N-dealkylation sites (tertiary alicyclic amines) is 1. The van der Waals surface area contributed by atoms with E-state index >= 15 is 0 Å². The molecule has 0 amide bonds. The number of hydrogen-bond acceptors (Lipinski definition) is 2. The van der Waals surface area contributed by atoms with Crippen molar-refractivity contribution in [2.45, 2.75) is 25.4 Å². The first-order valence-electron chi connectivity index (χ1n) is 12.2.